The van der Waals surface area contributed by atoms with E-state index in [2.05, 4.69) is 5.32 Å². The molecule has 0 aromatic heterocycles. The Morgan fingerprint density at radius 3 is 2.60 bits per heavy atom. The number of methoxy groups -OCH3 is 2. The molecule has 3 N–H and O–H groups in total. The van der Waals surface area contributed by atoms with Gasteiger partial charge in [0.25, 0.3) is 0 Å². The molecule has 1 aromatic carbocycles. The summed E-state index contributed by atoms with van der Waals surface area (Å²) in [6.07, 6.45) is 1.56. The Kier molecular flexibility index (Phi) is 8.66. The highest BCUT2D eigenvalue weighted by molar-refractivity contribution is 5.97. The minimum Gasteiger partial charge on any atom is -0.493 e. The van der Waals surface area contributed by atoms with Crippen LogP contribution in [0.25, 0.3) is 0 Å². The Hall–Kier alpha value is -3.21. The van der Waals surface area contributed by atoms with Crippen molar-refractivity contribution in [1.82, 2.24) is 10.2 Å². The minimum atomic E-state index is -1.20. The molecule has 1 aliphatic heterocycles. The zero-order valence-corrected chi connectivity index (χ0v) is 20.3. The standard InChI is InChI=1S/C25H32N2O8/c1-14(2)9-20(30)27(6-8-33-3)18-12-17(25(32)26-5-7-28)21-16-10-15(13-29)11-19(34-4)23(16)35-24(21)22(18)31/h9-13,18,21-22,24,28,31H,5-8H2,1-4H3,(H,26,32)/t18-,21+,22+,24+/m1/s1. The van der Waals surface area contributed by atoms with Gasteiger partial charge in [-0.1, -0.05) is 5.57 Å². The van der Waals surface area contributed by atoms with Gasteiger partial charge in [-0.05, 0) is 32.1 Å². The van der Waals surface area contributed by atoms with E-state index >= 15 is 0 Å². The largest absolute Gasteiger partial charge is 0.493 e. The topological polar surface area (TPSA) is 135 Å². The number of aliphatic hydroxyl groups excluding tert-OH is 2. The Bertz CT molecular complexity index is 1030. The molecule has 2 amide bonds. The Morgan fingerprint density at radius 2 is 2.00 bits per heavy atom. The fraction of sp³-hybridized carbons (Fsp3) is 0.480. The summed E-state index contributed by atoms with van der Waals surface area (Å²) in [6.45, 7) is 3.74. The number of carbonyl (C=O) groups is 3. The SMILES string of the molecule is COCCN(C(=O)C=C(C)C)[C@@H]1C=C(C(=O)NCCO)[C@@H]2c3cc(C=O)cc(OC)c3O[C@@H]2[C@H]1O. The van der Waals surface area contributed by atoms with Crippen LogP contribution in [0.2, 0.25) is 0 Å². The second-order valence-electron chi connectivity index (χ2n) is 8.65. The Labute approximate surface area is 204 Å². The van der Waals surface area contributed by atoms with E-state index in [0.29, 0.717) is 28.9 Å². The normalized spacial score (nSPS) is 22.2. The smallest absolute Gasteiger partial charge is 0.247 e. The summed E-state index contributed by atoms with van der Waals surface area (Å²) >= 11 is 0. The number of aliphatic hydroxyl groups is 2. The van der Waals surface area contributed by atoms with Gasteiger partial charge in [0.05, 0.1) is 32.3 Å². The summed E-state index contributed by atoms with van der Waals surface area (Å²) in [5.74, 6) is -0.902. The molecule has 10 nitrogen and oxygen atoms in total. The van der Waals surface area contributed by atoms with Crippen LogP contribution < -0.4 is 14.8 Å². The molecule has 1 aliphatic carbocycles. The lowest BCUT2D eigenvalue weighted by Gasteiger charge is -2.40. The summed E-state index contributed by atoms with van der Waals surface area (Å²) in [5.41, 5.74) is 1.90. The monoisotopic (exact) mass is 488 g/mol. The zero-order valence-electron chi connectivity index (χ0n) is 20.3. The molecule has 1 heterocycles. The molecule has 35 heavy (non-hydrogen) atoms. The minimum absolute atomic E-state index is 0.0241. The third-order valence-corrected chi connectivity index (χ3v) is 6.00. The molecule has 10 heteroatoms. The Balaban J connectivity index is 2.14. The number of carbonyl (C=O) groups excluding carboxylic acids is 3. The van der Waals surface area contributed by atoms with Gasteiger partial charge in [0.1, 0.15) is 18.5 Å². The summed E-state index contributed by atoms with van der Waals surface area (Å²) in [4.78, 5) is 39.2. The quantitative estimate of drug-likeness (QED) is 0.322. The van der Waals surface area contributed by atoms with Gasteiger partial charge in [0.2, 0.25) is 11.8 Å². The number of hydrogen-bond acceptors (Lipinski definition) is 8. The van der Waals surface area contributed by atoms with Crippen molar-refractivity contribution in [2.24, 2.45) is 0 Å². The molecular formula is C25H32N2O8. The molecular weight excluding hydrogens is 456 g/mol. The van der Waals surface area contributed by atoms with Crippen molar-refractivity contribution < 1.29 is 38.8 Å². The predicted molar refractivity (Wildman–Crippen MR) is 127 cm³/mol. The number of rotatable bonds is 10. The molecule has 190 valence electrons. The van der Waals surface area contributed by atoms with E-state index in [1.807, 2.05) is 0 Å². The first-order chi connectivity index (χ1) is 16.8. The van der Waals surface area contributed by atoms with Crippen molar-refractivity contribution >= 4 is 18.1 Å². The maximum atomic E-state index is 13.2. The van der Waals surface area contributed by atoms with Gasteiger partial charge >= 0.3 is 0 Å². The van der Waals surface area contributed by atoms with Gasteiger partial charge in [0.15, 0.2) is 11.5 Å². The summed E-state index contributed by atoms with van der Waals surface area (Å²) in [7, 11) is 2.94. The van der Waals surface area contributed by atoms with E-state index in [9.17, 15) is 24.6 Å². The molecule has 0 saturated heterocycles. The van der Waals surface area contributed by atoms with Gasteiger partial charge in [-0.2, -0.15) is 0 Å². The first-order valence-corrected chi connectivity index (χ1v) is 11.3. The molecule has 0 bridgehead atoms. The van der Waals surface area contributed by atoms with E-state index < -0.39 is 30.1 Å². The van der Waals surface area contributed by atoms with Gasteiger partial charge in [-0.3, -0.25) is 14.4 Å². The number of amides is 2. The first kappa shape index (κ1) is 26.4. The van der Waals surface area contributed by atoms with E-state index in [0.717, 1.165) is 5.57 Å². The highest BCUT2D eigenvalue weighted by atomic mass is 16.5. The summed E-state index contributed by atoms with van der Waals surface area (Å²) in [5, 5.41) is 23.3. The number of hydrogen-bond donors (Lipinski definition) is 3. The molecule has 0 saturated carbocycles. The predicted octanol–water partition coefficient (Wildman–Crippen LogP) is 0.572. The van der Waals surface area contributed by atoms with Crippen LogP contribution >= 0.6 is 0 Å². The highest BCUT2D eigenvalue weighted by Crippen LogP contribution is 2.51. The average molecular weight is 489 g/mol. The number of ether oxygens (including phenoxy) is 3. The maximum absolute atomic E-state index is 13.2. The molecule has 4 atom stereocenters. The molecule has 0 fully saturated rings. The molecule has 2 aliphatic rings. The lowest BCUT2D eigenvalue weighted by atomic mass is 9.77. The number of allylic oxidation sites excluding steroid dienone is 1. The Morgan fingerprint density at radius 1 is 1.26 bits per heavy atom. The van der Waals surface area contributed by atoms with Gasteiger partial charge in [0, 0.05) is 43.0 Å². The van der Waals surface area contributed by atoms with Crippen molar-refractivity contribution in [3.8, 4) is 11.5 Å². The van der Waals surface area contributed by atoms with Crippen LogP contribution in [0.5, 0.6) is 11.5 Å². The van der Waals surface area contributed by atoms with Crippen LogP contribution in [0.3, 0.4) is 0 Å². The second-order valence-corrected chi connectivity index (χ2v) is 8.65. The van der Waals surface area contributed by atoms with E-state index in [1.165, 1.54) is 31.3 Å². The molecule has 3 rings (SSSR count). The van der Waals surface area contributed by atoms with Crippen molar-refractivity contribution in [3.05, 3.63) is 46.6 Å². The van der Waals surface area contributed by atoms with Crippen LogP contribution in [0.1, 0.15) is 35.7 Å². The number of fused-ring (bicyclic) bond motifs is 3. The lowest BCUT2D eigenvalue weighted by molar-refractivity contribution is -0.133. The maximum Gasteiger partial charge on any atom is 0.247 e. The first-order valence-electron chi connectivity index (χ1n) is 11.3. The summed E-state index contributed by atoms with van der Waals surface area (Å²) < 4.78 is 16.7. The highest BCUT2D eigenvalue weighted by Gasteiger charge is 2.51. The molecule has 0 radical (unpaired) electrons. The lowest BCUT2D eigenvalue weighted by Crippen LogP contribution is -2.56. The summed E-state index contributed by atoms with van der Waals surface area (Å²) in [6, 6.07) is 2.23. The van der Waals surface area contributed by atoms with Gasteiger partial charge < -0.3 is 34.6 Å². The fourth-order valence-electron chi connectivity index (χ4n) is 4.48. The molecule has 0 unspecified atom stereocenters. The van der Waals surface area contributed by atoms with Crippen LogP contribution in [0.15, 0.2) is 35.4 Å². The van der Waals surface area contributed by atoms with E-state index in [1.54, 1.807) is 26.0 Å². The van der Waals surface area contributed by atoms with Crippen LogP contribution in [0.4, 0.5) is 0 Å². The van der Waals surface area contributed by atoms with Crippen LogP contribution in [-0.4, -0.2) is 92.0 Å². The van der Waals surface area contributed by atoms with E-state index in [-0.39, 0.29) is 37.8 Å². The molecule has 1 aromatic rings. The number of nitrogens with zero attached hydrogens (tertiary/aromatic N) is 1. The van der Waals surface area contributed by atoms with E-state index in [4.69, 9.17) is 14.2 Å². The second kappa shape index (κ2) is 11.5. The van der Waals surface area contributed by atoms with Crippen molar-refractivity contribution in [1.29, 1.82) is 0 Å². The van der Waals surface area contributed by atoms with Gasteiger partial charge in [-0.15, -0.1) is 0 Å². The van der Waals surface area contributed by atoms with Crippen LogP contribution in [0, 0.1) is 0 Å². The number of aldehydes is 1. The number of nitrogens with one attached hydrogen (secondary N) is 1. The third-order valence-electron chi connectivity index (χ3n) is 6.00. The van der Waals surface area contributed by atoms with Crippen molar-refractivity contribution in [3.63, 3.8) is 0 Å². The average Bonchev–Trinajstić information content (AvgIpc) is 3.22. The fourth-order valence-corrected chi connectivity index (χ4v) is 4.48. The van der Waals surface area contributed by atoms with Crippen LogP contribution in [-0.2, 0) is 14.3 Å². The number of benzene rings is 1. The zero-order chi connectivity index (χ0) is 25.7. The third kappa shape index (κ3) is 5.39. The van der Waals surface area contributed by atoms with Crippen molar-refractivity contribution in [2.45, 2.75) is 38.0 Å². The van der Waals surface area contributed by atoms with Gasteiger partial charge in [-0.25, -0.2) is 0 Å². The molecule has 0 spiro atoms. The van der Waals surface area contributed by atoms with Crippen molar-refractivity contribution in [2.75, 3.05) is 40.5 Å².